The van der Waals surface area contributed by atoms with Crippen molar-refractivity contribution in [3.8, 4) is 11.5 Å². The molecule has 0 aliphatic carbocycles. The number of aromatic nitrogens is 3. The second-order valence-electron chi connectivity index (χ2n) is 4.11. The van der Waals surface area contributed by atoms with Gasteiger partial charge in [0.25, 0.3) is 10.5 Å². The van der Waals surface area contributed by atoms with Crippen molar-refractivity contribution in [2.24, 2.45) is 0 Å². The van der Waals surface area contributed by atoms with Crippen molar-refractivity contribution < 1.29 is 13.6 Å². The fourth-order valence-corrected chi connectivity index (χ4v) is 2.12. The largest absolute Gasteiger partial charge is 0.411 e. The van der Waals surface area contributed by atoms with E-state index in [9.17, 15) is 9.18 Å². The molecule has 6 nitrogen and oxygen atoms in total. The Bertz CT molecular complexity index is 777. The van der Waals surface area contributed by atoms with Crippen LogP contribution in [-0.2, 0) is 0 Å². The molecule has 110 valence electrons. The van der Waals surface area contributed by atoms with Crippen molar-refractivity contribution in [3.05, 3.63) is 54.5 Å². The van der Waals surface area contributed by atoms with Gasteiger partial charge in [0.2, 0.25) is 5.89 Å². The minimum atomic E-state index is -0.395. The number of nitrogens with one attached hydrogen (secondary N) is 1. The molecule has 0 fully saturated rings. The molecule has 1 amide bonds. The molecular formula is C14H9FN4O2S. The number of amides is 1. The molecule has 2 aromatic heterocycles. The Kier molecular flexibility index (Phi) is 4.10. The van der Waals surface area contributed by atoms with Crippen LogP contribution in [0.2, 0.25) is 0 Å². The van der Waals surface area contributed by atoms with Crippen molar-refractivity contribution in [2.75, 3.05) is 5.32 Å². The van der Waals surface area contributed by atoms with E-state index in [0.717, 1.165) is 11.8 Å². The molecule has 0 atom stereocenters. The standard InChI is InChI=1S/C14H9FN4O2S/c15-10-6-4-9(5-7-10)12-18-19-14(21-12)22-13(20)17-11-3-1-2-8-16-11/h1-8H,(H,16,17,20). The highest BCUT2D eigenvalue weighted by molar-refractivity contribution is 8.13. The summed E-state index contributed by atoms with van der Waals surface area (Å²) in [7, 11) is 0. The summed E-state index contributed by atoms with van der Waals surface area (Å²) in [6.45, 7) is 0. The molecule has 0 spiro atoms. The first-order chi connectivity index (χ1) is 10.7. The van der Waals surface area contributed by atoms with Gasteiger partial charge >= 0.3 is 0 Å². The zero-order valence-electron chi connectivity index (χ0n) is 11.1. The van der Waals surface area contributed by atoms with Gasteiger partial charge in [0, 0.05) is 23.5 Å². The summed E-state index contributed by atoms with van der Waals surface area (Å²) in [6.07, 6.45) is 1.57. The molecule has 3 rings (SSSR count). The topological polar surface area (TPSA) is 80.9 Å². The van der Waals surface area contributed by atoms with Crippen molar-refractivity contribution >= 4 is 22.8 Å². The molecule has 0 radical (unpaired) electrons. The molecule has 2 heterocycles. The second-order valence-corrected chi connectivity index (χ2v) is 5.03. The van der Waals surface area contributed by atoms with E-state index in [0.29, 0.717) is 11.4 Å². The van der Waals surface area contributed by atoms with Gasteiger partial charge in [-0.2, -0.15) is 0 Å². The Morgan fingerprint density at radius 3 is 2.68 bits per heavy atom. The smallest absolute Gasteiger partial charge is 0.293 e. The Hall–Kier alpha value is -2.74. The maximum absolute atomic E-state index is 12.9. The summed E-state index contributed by atoms with van der Waals surface area (Å²) in [6, 6.07) is 10.8. The molecule has 0 bridgehead atoms. The molecular weight excluding hydrogens is 307 g/mol. The van der Waals surface area contributed by atoms with Crippen LogP contribution in [0.4, 0.5) is 15.0 Å². The van der Waals surface area contributed by atoms with E-state index in [1.807, 2.05) is 0 Å². The first-order valence-electron chi connectivity index (χ1n) is 6.20. The summed E-state index contributed by atoms with van der Waals surface area (Å²) < 4.78 is 18.2. The van der Waals surface area contributed by atoms with Crippen LogP contribution >= 0.6 is 11.8 Å². The van der Waals surface area contributed by atoms with Crippen LogP contribution in [0.3, 0.4) is 0 Å². The predicted octanol–water partition coefficient (Wildman–Crippen LogP) is 3.59. The summed E-state index contributed by atoms with van der Waals surface area (Å²) in [5.74, 6) is 0.291. The SMILES string of the molecule is O=C(Nc1ccccn1)Sc1nnc(-c2ccc(F)cc2)o1. The van der Waals surface area contributed by atoms with E-state index < -0.39 is 5.24 Å². The molecule has 1 aromatic carbocycles. The Labute approximate surface area is 128 Å². The van der Waals surface area contributed by atoms with Crippen molar-refractivity contribution in [1.29, 1.82) is 0 Å². The second kappa shape index (κ2) is 6.35. The number of anilines is 1. The minimum absolute atomic E-state index is 0.0905. The monoisotopic (exact) mass is 316 g/mol. The number of carbonyl (C=O) groups excluding carboxylic acids is 1. The van der Waals surface area contributed by atoms with Crippen LogP contribution < -0.4 is 5.32 Å². The van der Waals surface area contributed by atoms with Crippen molar-refractivity contribution in [2.45, 2.75) is 5.22 Å². The highest BCUT2D eigenvalue weighted by Gasteiger charge is 2.13. The number of hydrogen-bond donors (Lipinski definition) is 1. The quantitative estimate of drug-likeness (QED) is 0.744. The predicted molar refractivity (Wildman–Crippen MR) is 78.8 cm³/mol. The molecule has 0 unspecified atom stereocenters. The zero-order valence-corrected chi connectivity index (χ0v) is 11.9. The Balaban J connectivity index is 1.66. The Morgan fingerprint density at radius 1 is 1.14 bits per heavy atom. The highest BCUT2D eigenvalue weighted by atomic mass is 32.2. The maximum Gasteiger partial charge on any atom is 0.293 e. The average molecular weight is 316 g/mol. The molecule has 0 aliphatic heterocycles. The maximum atomic E-state index is 12.9. The zero-order chi connectivity index (χ0) is 15.4. The number of hydrogen-bond acceptors (Lipinski definition) is 6. The third-order valence-corrected chi connectivity index (χ3v) is 3.20. The summed E-state index contributed by atoms with van der Waals surface area (Å²) in [5.41, 5.74) is 0.575. The number of nitrogens with zero attached hydrogens (tertiary/aromatic N) is 3. The van der Waals surface area contributed by atoms with Crippen molar-refractivity contribution in [3.63, 3.8) is 0 Å². The van der Waals surface area contributed by atoms with E-state index in [4.69, 9.17) is 4.42 Å². The van der Waals surface area contributed by atoms with Gasteiger partial charge in [0.15, 0.2) is 0 Å². The summed E-state index contributed by atoms with van der Waals surface area (Å²) in [5, 5.41) is 9.87. The van der Waals surface area contributed by atoms with Gasteiger partial charge in [-0.25, -0.2) is 9.37 Å². The third-order valence-electron chi connectivity index (χ3n) is 2.57. The normalized spacial score (nSPS) is 10.4. The van der Waals surface area contributed by atoms with Gasteiger partial charge in [0.05, 0.1) is 0 Å². The van der Waals surface area contributed by atoms with E-state index in [-0.39, 0.29) is 16.9 Å². The molecule has 22 heavy (non-hydrogen) atoms. The summed E-state index contributed by atoms with van der Waals surface area (Å²) in [4.78, 5) is 15.8. The van der Waals surface area contributed by atoms with Crippen LogP contribution in [0.25, 0.3) is 11.5 Å². The van der Waals surface area contributed by atoms with Gasteiger partial charge in [-0.3, -0.25) is 4.79 Å². The van der Waals surface area contributed by atoms with E-state index in [1.165, 1.54) is 24.3 Å². The summed E-state index contributed by atoms with van der Waals surface area (Å²) >= 11 is 0.753. The van der Waals surface area contributed by atoms with E-state index in [1.54, 1.807) is 24.4 Å². The fraction of sp³-hybridized carbons (Fsp3) is 0. The number of halogens is 1. The van der Waals surface area contributed by atoms with E-state index in [2.05, 4.69) is 20.5 Å². The number of rotatable bonds is 3. The molecule has 8 heteroatoms. The molecule has 0 saturated heterocycles. The lowest BCUT2D eigenvalue weighted by atomic mass is 10.2. The molecule has 0 saturated carbocycles. The lowest BCUT2D eigenvalue weighted by molar-refractivity contribution is 0.269. The van der Waals surface area contributed by atoms with E-state index >= 15 is 0 Å². The lowest BCUT2D eigenvalue weighted by Crippen LogP contribution is -2.05. The van der Waals surface area contributed by atoms with Crippen LogP contribution in [0.5, 0.6) is 0 Å². The van der Waals surface area contributed by atoms with Gasteiger partial charge in [0.1, 0.15) is 11.6 Å². The fourth-order valence-electron chi connectivity index (χ4n) is 1.61. The van der Waals surface area contributed by atoms with Gasteiger partial charge in [-0.15, -0.1) is 10.2 Å². The number of carbonyl (C=O) groups is 1. The Morgan fingerprint density at radius 2 is 1.95 bits per heavy atom. The lowest BCUT2D eigenvalue weighted by Gasteiger charge is -2.00. The highest BCUT2D eigenvalue weighted by Crippen LogP contribution is 2.24. The molecule has 3 aromatic rings. The first kappa shape index (κ1) is 14.2. The molecule has 1 N–H and O–H groups in total. The van der Waals surface area contributed by atoms with Gasteiger partial charge in [-0.05, 0) is 36.4 Å². The number of benzene rings is 1. The van der Waals surface area contributed by atoms with Crippen LogP contribution in [0.15, 0.2) is 58.3 Å². The van der Waals surface area contributed by atoms with Gasteiger partial charge in [-0.1, -0.05) is 6.07 Å². The van der Waals surface area contributed by atoms with Gasteiger partial charge < -0.3 is 9.73 Å². The first-order valence-corrected chi connectivity index (χ1v) is 7.02. The van der Waals surface area contributed by atoms with Crippen LogP contribution in [-0.4, -0.2) is 20.4 Å². The minimum Gasteiger partial charge on any atom is -0.411 e. The van der Waals surface area contributed by atoms with Crippen LogP contribution in [0, 0.1) is 5.82 Å². The van der Waals surface area contributed by atoms with Crippen molar-refractivity contribution in [1.82, 2.24) is 15.2 Å². The number of pyridine rings is 1. The molecule has 0 aliphatic rings. The average Bonchev–Trinajstić information content (AvgIpc) is 2.97. The third kappa shape index (κ3) is 3.47. The van der Waals surface area contributed by atoms with Crippen LogP contribution in [0.1, 0.15) is 0 Å². The number of thioether (sulfide) groups is 1.